The number of unbranched alkanes of at least 4 members (excludes halogenated alkanes) is 2. The van der Waals surface area contributed by atoms with Gasteiger partial charge in [-0.25, -0.2) is 0 Å². The van der Waals surface area contributed by atoms with Gasteiger partial charge in [-0.1, -0.05) is 121 Å². The topological polar surface area (TPSA) is 12.4 Å². The van der Waals surface area contributed by atoms with E-state index in [9.17, 15) is 0 Å². The van der Waals surface area contributed by atoms with Gasteiger partial charge in [-0.3, -0.25) is 4.74 Å². The van der Waals surface area contributed by atoms with Crippen LogP contribution >= 0.6 is 5.70 Å². The van der Waals surface area contributed by atoms with Crippen LogP contribution in [0, 0.1) is 0 Å². The molecule has 0 fully saturated rings. The fraction of sp³-hybridized carbons (Fsp3) is 0.636. The molecule has 0 N–H and O–H groups in total. The first-order valence-corrected chi connectivity index (χ1v) is 25.3. The molecule has 0 heterocycles. The molecule has 0 aromatic heterocycles. The number of nitrogens with zero attached hydrogens (tertiary/aromatic N) is 1. The summed E-state index contributed by atoms with van der Waals surface area (Å²) in [7, 11) is -3.83. The zero-order valence-corrected chi connectivity index (χ0v) is 25.9. The van der Waals surface area contributed by atoms with E-state index >= 15 is 0 Å². The molecule has 1 aliphatic rings. The SMILES string of the molecule is C=CC=CCCCC.C[Si](C)(C)P(=NC1=CC=CC1)([Si](C)(C)C)[Si](C)(C)C.[Ti]. The van der Waals surface area contributed by atoms with Crippen LogP contribution in [-0.4, -0.2) is 23.2 Å². The van der Waals surface area contributed by atoms with E-state index in [1.165, 1.54) is 25.0 Å². The van der Waals surface area contributed by atoms with Crippen molar-refractivity contribution >= 4 is 28.9 Å². The summed E-state index contributed by atoms with van der Waals surface area (Å²) in [4.78, 5) is 0. The summed E-state index contributed by atoms with van der Waals surface area (Å²) in [5.74, 6) is 0. The van der Waals surface area contributed by atoms with Gasteiger partial charge in [0.2, 0.25) is 0 Å². The molecule has 0 spiro atoms. The van der Waals surface area contributed by atoms with Crippen LogP contribution < -0.4 is 0 Å². The molecule has 0 bridgehead atoms. The van der Waals surface area contributed by atoms with Crippen LogP contribution in [0.3, 0.4) is 0 Å². The molecule has 1 rings (SSSR count). The van der Waals surface area contributed by atoms with Crippen molar-refractivity contribution in [2.24, 2.45) is 4.74 Å². The van der Waals surface area contributed by atoms with E-state index in [0.29, 0.717) is 0 Å². The van der Waals surface area contributed by atoms with Crippen LogP contribution in [-0.2, 0) is 21.7 Å². The molecular weight excluding hydrogens is 441 g/mol. The van der Waals surface area contributed by atoms with Crippen molar-refractivity contribution in [3.05, 3.63) is 48.7 Å². The molecule has 160 valence electrons. The minimum absolute atomic E-state index is 0. The molecule has 1 aliphatic carbocycles. The average Bonchev–Trinajstić information content (AvgIpc) is 2.99. The molecule has 0 radical (unpaired) electrons. The summed E-state index contributed by atoms with van der Waals surface area (Å²) in [5, 5.41) is 0. The summed E-state index contributed by atoms with van der Waals surface area (Å²) in [5.41, 5.74) is 0.212. The zero-order valence-electron chi connectivity index (χ0n) is 20.4. The van der Waals surface area contributed by atoms with Crippen molar-refractivity contribution in [1.29, 1.82) is 0 Å². The van der Waals surface area contributed by atoms with Crippen LogP contribution in [0.15, 0.2) is 53.5 Å². The summed E-state index contributed by atoms with van der Waals surface area (Å²) in [6.07, 6.45) is 17.5. The molecule has 0 aromatic carbocycles. The van der Waals surface area contributed by atoms with Crippen LogP contribution in [0.25, 0.3) is 0 Å². The van der Waals surface area contributed by atoms with Crippen molar-refractivity contribution < 1.29 is 21.7 Å². The van der Waals surface area contributed by atoms with Crippen molar-refractivity contribution in [2.75, 3.05) is 0 Å². The molecule has 28 heavy (non-hydrogen) atoms. The van der Waals surface area contributed by atoms with E-state index in [1.54, 1.807) is 0 Å². The van der Waals surface area contributed by atoms with Crippen LogP contribution in [0.1, 0.15) is 32.6 Å². The maximum absolute atomic E-state index is 5.62. The number of hydrogen-bond donors (Lipinski definition) is 0. The second-order valence-corrected chi connectivity index (χ2v) is 46.8. The fourth-order valence-electron chi connectivity index (χ4n) is 4.69. The minimum Gasteiger partial charge on any atom is -0.284 e. The van der Waals surface area contributed by atoms with E-state index in [-0.39, 0.29) is 21.7 Å². The normalized spacial score (nSPS) is 14.9. The van der Waals surface area contributed by atoms with E-state index in [4.69, 9.17) is 4.74 Å². The Bertz CT molecular complexity index is 572. The first-order chi connectivity index (χ1) is 12.2. The fourth-order valence-corrected chi connectivity index (χ4v) is 88.5. The van der Waals surface area contributed by atoms with Gasteiger partial charge in [-0.2, -0.15) is 0 Å². The predicted molar refractivity (Wildman–Crippen MR) is 140 cm³/mol. The van der Waals surface area contributed by atoms with Gasteiger partial charge < -0.3 is 0 Å². The van der Waals surface area contributed by atoms with Crippen molar-refractivity contribution in [1.82, 2.24) is 0 Å². The van der Waals surface area contributed by atoms with E-state index in [2.05, 4.69) is 96.7 Å². The number of allylic oxidation sites excluding steroid dienone is 6. The Balaban J connectivity index is 0. The van der Waals surface area contributed by atoms with Crippen molar-refractivity contribution in [2.45, 2.75) is 91.5 Å². The van der Waals surface area contributed by atoms with Gasteiger partial charge in [0, 0.05) is 33.8 Å². The smallest absolute Gasteiger partial charge is 0.0843 e. The first kappa shape index (κ1) is 30.7. The first-order valence-electron chi connectivity index (χ1n) is 10.5. The Morgan fingerprint density at radius 1 is 1.00 bits per heavy atom. The van der Waals surface area contributed by atoms with E-state index in [1.807, 2.05) is 12.2 Å². The molecule has 0 aliphatic heterocycles. The average molecular weight is 488 g/mol. The van der Waals surface area contributed by atoms with Crippen LogP contribution in [0.4, 0.5) is 0 Å². The molecule has 0 saturated heterocycles. The summed E-state index contributed by atoms with van der Waals surface area (Å²) in [6.45, 7) is 29.1. The summed E-state index contributed by atoms with van der Waals surface area (Å²) < 4.78 is 5.62. The van der Waals surface area contributed by atoms with Gasteiger partial charge >= 0.3 is 0 Å². The largest absolute Gasteiger partial charge is 0.284 e. The molecule has 0 saturated carbocycles. The second-order valence-electron chi connectivity index (χ2n) is 10.3. The number of hydrogen-bond acceptors (Lipinski definition) is 1. The van der Waals surface area contributed by atoms with Crippen LogP contribution in [0.5, 0.6) is 0 Å². The zero-order chi connectivity index (χ0) is 21.4. The third-order valence-corrected chi connectivity index (χ3v) is 65.9. The Labute approximate surface area is 194 Å². The standard InChI is InChI=1S/C14H32NPSi3.C8H14.Ti/c1-17(2,3)16(18(4,5)6,19(7,8)9)15-14-12-10-11-13-14;1-3-5-7-8-6-4-2;/h10-12H,13H2,1-9H3;3,5,7H,1,4,6,8H2,2H3;. The Hall–Kier alpha value is 0.555. The molecular formula is C22H46NPSi3Ti. The molecule has 0 unspecified atom stereocenters. The van der Waals surface area contributed by atoms with Gasteiger partial charge in [0.15, 0.2) is 0 Å². The molecule has 0 atom stereocenters. The van der Waals surface area contributed by atoms with Crippen LogP contribution in [0.2, 0.25) is 58.9 Å². The minimum atomic E-state index is -1.28. The molecule has 1 nitrogen and oxygen atoms in total. The number of rotatable bonds is 8. The molecule has 0 amide bonds. The van der Waals surface area contributed by atoms with Crippen molar-refractivity contribution in [3.8, 4) is 0 Å². The molecule has 6 heteroatoms. The third kappa shape index (κ3) is 8.74. The van der Waals surface area contributed by atoms with Gasteiger partial charge in [0.25, 0.3) is 0 Å². The monoisotopic (exact) mass is 487 g/mol. The molecule has 0 aromatic rings. The van der Waals surface area contributed by atoms with Gasteiger partial charge in [0.05, 0.1) is 23.2 Å². The Kier molecular flexibility index (Phi) is 14.4. The Morgan fingerprint density at radius 2 is 1.50 bits per heavy atom. The van der Waals surface area contributed by atoms with Gasteiger partial charge in [-0.05, 0) is 12.5 Å². The maximum atomic E-state index is 5.62. The Morgan fingerprint density at radius 3 is 1.82 bits per heavy atom. The van der Waals surface area contributed by atoms with Gasteiger partial charge in [-0.15, -0.1) is 0 Å². The third-order valence-electron chi connectivity index (χ3n) is 4.94. The summed E-state index contributed by atoms with van der Waals surface area (Å²) in [6, 6.07) is 0. The predicted octanol–water partition coefficient (Wildman–Crippen LogP) is 9.45. The quantitative estimate of drug-likeness (QED) is 0.140. The summed E-state index contributed by atoms with van der Waals surface area (Å²) >= 11 is 0. The second kappa shape index (κ2) is 13.1. The van der Waals surface area contributed by atoms with Crippen molar-refractivity contribution in [3.63, 3.8) is 0 Å². The van der Waals surface area contributed by atoms with E-state index < -0.39 is 28.9 Å². The van der Waals surface area contributed by atoms with E-state index in [0.717, 1.165) is 6.42 Å². The maximum Gasteiger partial charge on any atom is 0.0843 e. The van der Waals surface area contributed by atoms with Gasteiger partial charge in [0.1, 0.15) is 0 Å².